The average molecular weight is 373 g/mol. The van der Waals surface area contributed by atoms with Gasteiger partial charge in [0.05, 0.1) is 26.1 Å². The van der Waals surface area contributed by atoms with Crippen molar-refractivity contribution in [2.75, 3.05) is 25.7 Å². The molecule has 2 heterocycles. The maximum atomic E-state index is 13.1. The van der Waals surface area contributed by atoms with Crippen LogP contribution in [0.5, 0.6) is 11.5 Å². The van der Waals surface area contributed by atoms with E-state index < -0.39 is 17.8 Å². The van der Waals surface area contributed by atoms with Crippen molar-refractivity contribution in [1.82, 2.24) is 0 Å². The van der Waals surface area contributed by atoms with Gasteiger partial charge >= 0.3 is 5.97 Å². The number of nitrogens with zero attached hydrogens (tertiary/aromatic N) is 1. The number of amides is 1. The second-order valence-corrected chi connectivity index (χ2v) is 7.56. The molecule has 1 aromatic carbocycles. The fourth-order valence-electron chi connectivity index (χ4n) is 4.14. The highest BCUT2D eigenvalue weighted by molar-refractivity contribution is 8.06. The number of hydrogen-bond donors (Lipinski definition) is 1. The van der Waals surface area contributed by atoms with Crippen LogP contribution in [0.4, 0.5) is 5.69 Å². The molecule has 4 atom stereocenters. The van der Waals surface area contributed by atoms with E-state index in [1.54, 1.807) is 49.1 Å². The Morgan fingerprint density at radius 1 is 1.27 bits per heavy atom. The lowest BCUT2D eigenvalue weighted by Crippen LogP contribution is -2.39. The molecule has 4 rings (SSSR count). The van der Waals surface area contributed by atoms with Gasteiger partial charge < -0.3 is 19.5 Å². The Morgan fingerprint density at radius 2 is 2.04 bits per heavy atom. The Kier molecular flexibility index (Phi) is 4.19. The van der Waals surface area contributed by atoms with Crippen LogP contribution in [-0.2, 0) is 9.59 Å². The van der Waals surface area contributed by atoms with Gasteiger partial charge in [0.25, 0.3) is 0 Å². The maximum Gasteiger partial charge on any atom is 0.308 e. The van der Waals surface area contributed by atoms with Crippen molar-refractivity contribution in [3.8, 4) is 11.5 Å². The average Bonchev–Trinajstić information content (AvgIpc) is 3.23. The highest BCUT2D eigenvalue weighted by Crippen LogP contribution is 2.51. The molecule has 0 bridgehead atoms. The van der Waals surface area contributed by atoms with Crippen LogP contribution in [-0.4, -0.2) is 37.7 Å². The number of carboxylic acids is 1. The minimum atomic E-state index is -0.912. The van der Waals surface area contributed by atoms with E-state index in [1.165, 1.54) is 0 Å². The van der Waals surface area contributed by atoms with E-state index in [2.05, 4.69) is 6.08 Å². The first-order chi connectivity index (χ1) is 12.5. The highest BCUT2D eigenvalue weighted by atomic mass is 32.2. The van der Waals surface area contributed by atoms with Crippen LogP contribution >= 0.6 is 11.8 Å². The number of allylic oxidation sites excluding steroid dienone is 2. The molecule has 2 aliphatic heterocycles. The summed E-state index contributed by atoms with van der Waals surface area (Å²) in [4.78, 5) is 27.8. The van der Waals surface area contributed by atoms with Crippen LogP contribution in [0.3, 0.4) is 0 Å². The second-order valence-electron chi connectivity index (χ2n) is 6.58. The van der Waals surface area contributed by atoms with Crippen molar-refractivity contribution in [2.24, 2.45) is 23.7 Å². The maximum absolute atomic E-state index is 13.1. The van der Waals surface area contributed by atoms with Crippen LogP contribution in [0.2, 0.25) is 0 Å². The summed E-state index contributed by atoms with van der Waals surface area (Å²) in [6.45, 7) is 0.472. The number of methoxy groups -OCH3 is 2. The summed E-state index contributed by atoms with van der Waals surface area (Å²) in [6.07, 6.45) is 3.98. The van der Waals surface area contributed by atoms with Gasteiger partial charge in [0.15, 0.2) is 11.5 Å². The number of aliphatic carboxylic acids is 1. The van der Waals surface area contributed by atoms with E-state index in [1.807, 2.05) is 11.5 Å². The third-order valence-corrected chi connectivity index (χ3v) is 6.31. The van der Waals surface area contributed by atoms with E-state index in [-0.39, 0.29) is 17.7 Å². The molecule has 0 saturated carbocycles. The number of anilines is 1. The van der Waals surface area contributed by atoms with Gasteiger partial charge in [-0.25, -0.2) is 0 Å². The number of thioether (sulfide) groups is 1. The summed E-state index contributed by atoms with van der Waals surface area (Å²) in [5.41, 5.74) is 0.693. The molecule has 1 fully saturated rings. The first kappa shape index (κ1) is 17.0. The molecular formula is C19H19NO5S. The zero-order valence-corrected chi connectivity index (χ0v) is 15.2. The third-order valence-electron chi connectivity index (χ3n) is 5.34. The van der Waals surface area contributed by atoms with Crippen molar-refractivity contribution in [1.29, 1.82) is 0 Å². The predicted molar refractivity (Wildman–Crippen MR) is 98.3 cm³/mol. The Balaban J connectivity index is 1.70. The third kappa shape index (κ3) is 2.49. The molecule has 0 aromatic heterocycles. The molecule has 1 amide bonds. The molecule has 26 heavy (non-hydrogen) atoms. The van der Waals surface area contributed by atoms with Crippen LogP contribution in [0.25, 0.3) is 0 Å². The van der Waals surface area contributed by atoms with Crippen LogP contribution in [0, 0.1) is 23.7 Å². The monoisotopic (exact) mass is 373 g/mol. The van der Waals surface area contributed by atoms with Crippen molar-refractivity contribution in [3.05, 3.63) is 40.7 Å². The number of benzene rings is 1. The van der Waals surface area contributed by atoms with Gasteiger partial charge in [0.2, 0.25) is 5.91 Å². The molecule has 1 saturated heterocycles. The molecule has 1 aromatic rings. The summed E-state index contributed by atoms with van der Waals surface area (Å²) in [5, 5.41) is 11.7. The molecule has 0 unspecified atom stereocenters. The Hall–Kier alpha value is -2.41. The number of fused-ring (bicyclic) bond motifs is 2. The molecule has 1 aliphatic carbocycles. The largest absolute Gasteiger partial charge is 0.493 e. The first-order valence-electron chi connectivity index (χ1n) is 8.36. The normalized spacial score (nSPS) is 29.2. The Morgan fingerprint density at radius 3 is 2.73 bits per heavy atom. The molecular weight excluding hydrogens is 354 g/mol. The SMILES string of the molecule is COc1ccc(N2C[C@@H]3C=C4SC=C[C@@H]4[C@@H](C(=O)O)[C@H]3C2=O)cc1OC. The van der Waals surface area contributed by atoms with Gasteiger partial charge in [-0.3, -0.25) is 9.59 Å². The van der Waals surface area contributed by atoms with Crippen LogP contribution < -0.4 is 14.4 Å². The first-order valence-corrected chi connectivity index (χ1v) is 9.24. The highest BCUT2D eigenvalue weighted by Gasteiger charge is 2.53. The van der Waals surface area contributed by atoms with E-state index in [4.69, 9.17) is 9.47 Å². The van der Waals surface area contributed by atoms with Crippen molar-refractivity contribution < 1.29 is 24.2 Å². The molecule has 0 spiro atoms. The molecule has 6 nitrogen and oxygen atoms in total. The molecule has 3 aliphatic rings. The quantitative estimate of drug-likeness (QED) is 0.875. The van der Waals surface area contributed by atoms with Crippen molar-refractivity contribution >= 4 is 29.3 Å². The summed E-state index contributed by atoms with van der Waals surface area (Å²) < 4.78 is 10.6. The lowest BCUT2D eigenvalue weighted by Gasteiger charge is -2.31. The van der Waals surface area contributed by atoms with E-state index in [0.29, 0.717) is 23.7 Å². The molecule has 0 radical (unpaired) electrons. The topological polar surface area (TPSA) is 76.1 Å². The van der Waals surface area contributed by atoms with E-state index in [0.717, 1.165) is 4.91 Å². The zero-order valence-electron chi connectivity index (χ0n) is 14.4. The van der Waals surface area contributed by atoms with E-state index in [9.17, 15) is 14.7 Å². The van der Waals surface area contributed by atoms with Gasteiger partial charge in [0, 0.05) is 30.1 Å². The zero-order chi connectivity index (χ0) is 18.4. The molecule has 1 N–H and O–H groups in total. The van der Waals surface area contributed by atoms with Gasteiger partial charge in [-0.2, -0.15) is 0 Å². The standard InChI is InChI=1S/C19H19NO5S/c1-24-13-4-3-11(8-14(13)25-2)20-9-10-7-15-12(5-6-26-15)17(19(22)23)16(10)18(20)21/h3-8,10,12,16-17H,9H2,1-2H3,(H,22,23)/t10-,12-,16-,17+/m0/s1. The minimum Gasteiger partial charge on any atom is -0.493 e. The Bertz CT molecular complexity index is 833. The second kappa shape index (κ2) is 6.39. The van der Waals surface area contributed by atoms with Crippen LogP contribution in [0.1, 0.15) is 0 Å². The Labute approximate surface area is 155 Å². The number of rotatable bonds is 4. The number of ether oxygens (including phenoxy) is 2. The molecule has 7 heteroatoms. The summed E-state index contributed by atoms with van der Waals surface area (Å²) in [6, 6.07) is 5.31. The van der Waals surface area contributed by atoms with Gasteiger partial charge in [-0.05, 0) is 22.4 Å². The number of hydrogen-bond acceptors (Lipinski definition) is 5. The number of carbonyl (C=O) groups is 2. The number of carbonyl (C=O) groups excluding carboxylic acids is 1. The lowest BCUT2D eigenvalue weighted by molar-refractivity contribution is -0.148. The van der Waals surface area contributed by atoms with Gasteiger partial charge in [-0.1, -0.05) is 12.2 Å². The lowest BCUT2D eigenvalue weighted by atomic mass is 9.71. The molecule has 136 valence electrons. The van der Waals surface area contributed by atoms with E-state index >= 15 is 0 Å². The fourth-order valence-corrected chi connectivity index (χ4v) is 5.18. The van der Waals surface area contributed by atoms with Gasteiger partial charge in [-0.15, -0.1) is 11.8 Å². The van der Waals surface area contributed by atoms with Crippen molar-refractivity contribution in [2.45, 2.75) is 0 Å². The summed E-state index contributed by atoms with van der Waals surface area (Å²) in [7, 11) is 3.10. The van der Waals surface area contributed by atoms with Crippen LogP contribution in [0.15, 0.2) is 40.7 Å². The van der Waals surface area contributed by atoms with Gasteiger partial charge in [0.1, 0.15) is 0 Å². The summed E-state index contributed by atoms with van der Waals surface area (Å²) >= 11 is 1.56. The predicted octanol–water partition coefficient (Wildman–Crippen LogP) is 2.76. The van der Waals surface area contributed by atoms with Crippen molar-refractivity contribution in [3.63, 3.8) is 0 Å². The fraction of sp³-hybridized carbons (Fsp3) is 0.368. The number of carboxylic acid groups (broad SMARTS) is 1. The summed E-state index contributed by atoms with van der Waals surface area (Å²) in [5.74, 6) is -1.50. The smallest absolute Gasteiger partial charge is 0.308 e. The minimum absolute atomic E-state index is 0.102.